The van der Waals surface area contributed by atoms with Gasteiger partial charge in [-0.2, -0.15) is 0 Å². The van der Waals surface area contributed by atoms with Crippen LogP contribution in [0.2, 0.25) is 0 Å². The van der Waals surface area contributed by atoms with Gasteiger partial charge >= 0.3 is 0 Å². The van der Waals surface area contributed by atoms with Crippen LogP contribution in [0, 0.1) is 0 Å². The van der Waals surface area contributed by atoms with Gasteiger partial charge in [0.1, 0.15) is 17.1 Å². The van der Waals surface area contributed by atoms with E-state index in [4.69, 9.17) is 14.5 Å². The molecule has 0 saturated carbocycles. The normalized spacial score (nSPS) is 17.5. The number of aromatic nitrogens is 1. The van der Waals surface area contributed by atoms with Gasteiger partial charge in [0, 0.05) is 23.9 Å². The molecule has 2 aromatic rings. The lowest BCUT2D eigenvalue weighted by atomic mass is 9.96. The Morgan fingerprint density at radius 3 is 2.41 bits per heavy atom. The van der Waals surface area contributed by atoms with Crippen LogP contribution in [0.3, 0.4) is 0 Å². The number of carbonyl (C=O) groups is 1. The molecule has 1 aliphatic carbocycles. The van der Waals surface area contributed by atoms with E-state index in [1.54, 1.807) is 14.2 Å². The Balaban J connectivity index is 1.46. The predicted octanol–water partition coefficient (Wildman–Crippen LogP) is 4.06. The molecule has 1 fully saturated rings. The van der Waals surface area contributed by atoms with Crippen LogP contribution in [0.1, 0.15) is 57.5 Å². The smallest absolute Gasteiger partial charge is 0.261 e. The number of rotatable bonds is 4. The van der Waals surface area contributed by atoms with E-state index in [9.17, 15) is 4.79 Å². The molecule has 27 heavy (non-hydrogen) atoms. The standard InChI is InChI=1S/C21H26N2O3S/c1-25-16-7-5-8-17(26-2)19(16)21(24)23-12-10-14(11-13-23)20-22-15-6-3-4-9-18(15)27-20/h5,7-8,14H,3-4,6,9-13H2,1-2H3. The first kappa shape index (κ1) is 18.3. The van der Waals surface area contributed by atoms with Crippen molar-refractivity contribution in [2.24, 2.45) is 0 Å². The number of nitrogens with zero attached hydrogens (tertiary/aromatic N) is 2. The van der Waals surface area contributed by atoms with Gasteiger partial charge in [0.05, 0.1) is 24.9 Å². The average molecular weight is 387 g/mol. The van der Waals surface area contributed by atoms with Gasteiger partial charge in [0.25, 0.3) is 5.91 Å². The molecule has 1 saturated heterocycles. The summed E-state index contributed by atoms with van der Waals surface area (Å²) in [5.74, 6) is 1.59. The predicted molar refractivity (Wildman–Crippen MR) is 106 cm³/mol. The Morgan fingerprint density at radius 1 is 1.11 bits per heavy atom. The molecular weight excluding hydrogens is 360 g/mol. The van der Waals surface area contributed by atoms with E-state index >= 15 is 0 Å². The summed E-state index contributed by atoms with van der Waals surface area (Å²) >= 11 is 1.91. The van der Waals surface area contributed by atoms with Gasteiger partial charge in [0.15, 0.2) is 0 Å². The third-order valence-corrected chi connectivity index (χ3v) is 6.96. The van der Waals surface area contributed by atoms with E-state index in [0.717, 1.165) is 32.4 Å². The van der Waals surface area contributed by atoms with Crippen LogP contribution < -0.4 is 9.47 Å². The lowest BCUT2D eigenvalue weighted by molar-refractivity contribution is 0.0706. The first-order chi connectivity index (χ1) is 13.2. The van der Waals surface area contributed by atoms with E-state index in [2.05, 4.69) is 0 Å². The van der Waals surface area contributed by atoms with Gasteiger partial charge in [-0.25, -0.2) is 4.98 Å². The van der Waals surface area contributed by atoms with Crippen LogP contribution in [0.25, 0.3) is 0 Å². The maximum atomic E-state index is 13.1. The number of fused-ring (bicyclic) bond motifs is 1. The minimum Gasteiger partial charge on any atom is -0.496 e. The SMILES string of the molecule is COc1cccc(OC)c1C(=O)N1CCC(c2nc3c(s2)CCCC3)CC1. The molecule has 144 valence electrons. The lowest BCUT2D eigenvalue weighted by Crippen LogP contribution is -2.38. The number of hydrogen-bond donors (Lipinski definition) is 0. The maximum Gasteiger partial charge on any atom is 0.261 e. The Hall–Kier alpha value is -2.08. The summed E-state index contributed by atoms with van der Waals surface area (Å²) in [6.07, 6.45) is 6.83. The number of benzene rings is 1. The molecule has 1 aromatic heterocycles. The van der Waals surface area contributed by atoms with Gasteiger partial charge in [-0.1, -0.05) is 6.07 Å². The highest BCUT2D eigenvalue weighted by Gasteiger charge is 2.30. The average Bonchev–Trinajstić information content (AvgIpc) is 3.17. The number of hydrogen-bond acceptors (Lipinski definition) is 5. The van der Waals surface area contributed by atoms with E-state index in [1.807, 2.05) is 34.4 Å². The van der Waals surface area contributed by atoms with Crippen LogP contribution in [0.15, 0.2) is 18.2 Å². The Labute approximate surface area is 164 Å². The number of amides is 1. The van der Waals surface area contributed by atoms with Crippen molar-refractivity contribution in [1.82, 2.24) is 9.88 Å². The number of thiazole rings is 1. The first-order valence-electron chi connectivity index (χ1n) is 9.70. The van der Waals surface area contributed by atoms with Crippen LogP contribution in [-0.2, 0) is 12.8 Å². The van der Waals surface area contributed by atoms with Crippen molar-refractivity contribution in [3.05, 3.63) is 39.3 Å². The number of carbonyl (C=O) groups excluding carboxylic acids is 1. The van der Waals surface area contributed by atoms with Crippen molar-refractivity contribution >= 4 is 17.2 Å². The van der Waals surface area contributed by atoms with E-state index in [0.29, 0.717) is 23.0 Å². The van der Waals surface area contributed by atoms with Crippen LogP contribution in [-0.4, -0.2) is 43.1 Å². The molecule has 6 heteroatoms. The summed E-state index contributed by atoms with van der Waals surface area (Å²) < 4.78 is 10.8. The highest BCUT2D eigenvalue weighted by Crippen LogP contribution is 2.37. The van der Waals surface area contributed by atoms with Crippen molar-refractivity contribution in [2.45, 2.75) is 44.4 Å². The summed E-state index contributed by atoms with van der Waals surface area (Å²) in [7, 11) is 3.17. The van der Waals surface area contributed by atoms with E-state index < -0.39 is 0 Å². The third kappa shape index (κ3) is 3.55. The van der Waals surface area contributed by atoms with Crippen LogP contribution in [0.5, 0.6) is 11.5 Å². The van der Waals surface area contributed by atoms with E-state index in [-0.39, 0.29) is 5.91 Å². The third-order valence-electron chi connectivity index (χ3n) is 5.64. The molecule has 5 nitrogen and oxygen atoms in total. The zero-order valence-electron chi connectivity index (χ0n) is 16.0. The summed E-state index contributed by atoms with van der Waals surface area (Å²) in [5, 5.41) is 1.28. The monoisotopic (exact) mass is 386 g/mol. The quantitative estimate of drug-likeness (QED) is 0.795. The molecule has 2 aliphatic rings. The Kier molecular flexibility index (Phi) is 5.34. The summed E-state index contributed by atoms with van der Waals surface area (Å²) in [6, 6.07) is 5.45. The van der Waals surface area contributed by atoms with Gasteiger partial charge in [-0.15, -0.1) is 11.3 Å². The Morgan fingerprint density at radius 2 is 1.78 bits per heavy atom. The largest absolute Gasteiger partial charge is 0.496 e. The second-order valence-electron chi connectivity index (χ2n) is 7.23. The number of aryl methyl sites for hydroxylation is 2. The molecule has 1 aliphatic heterocycles. The minimum atomic E-state index is -0.0128. The molecule has 0 radical (unpaired) electrons. The second-order valence-corrected chi connectivity index (χ2v) is 8.35. The fraction of sp³-hybridized carbons (Fsp3) is 0.524. The molecule has 0 bridgehead atoms. The van der Waals surface area contributed by atoms with Crippen molar-refractivity contribution in [2.75, 3.05) is 27.3 Å². The van der Waals surface area contributed by atoms with Crippen molar-refractivity contribution < 1.29 is 14.3 Å². The Bertz CT molecular complexity index is 779. The molecule has 0 atom stereocenters. The maximum absolute atomic E-state index is 13.1. The molecule has 1 aromatic carbocycles. The van der Waals surface area contributed by atoms with Crippen molar-refractivity contribution in [3.8, 4) is 11.5 Å². The van der Waals surface area contributed by atoms with Gasteiger partial charge in [-0.3, -0.25) is 4.79 Å². The van der Waals surface area contributed by atoms with Crippen LogP contribution >= 0.6 is 11.3 Å². The first-order valence-corrected chi connectivity index (χ1v) is 10.5. The molecule has 0 spiro atoms. The van der Waals surface area contributed by atoms with Gasteiger partial charge < -0.3 is 14.4 Å². The fourth-order valence-electron chi connectivity index (χ4n) is 4.10. The topological polar surface area (TPSA) is 51.7 Å². The van der Waals surface area contributed by atoms with Crippen molar-refractivity contribution in [3.63, 3.8) is 0 Å². The highest BCUT2D eigenvalue weighted by atomic mass is 32.1. The fourth-order valence-corrected chi connectivity index (χ4v) is 5.42. The lowest BCUT2D eigenvalue weighted by Gasteiger charge is -2.31. The number of methoxy groups -OCH3 is 2. The molecule has 4 rings (SSSR count). The van der Waals surface area contributed by atoms with Crippen LogP contribution in [0.4, 0.5) is 0 Å². The van der Waals surface area contributed by atoms with E-state index in [1.165, 1.54) is 34.8 Å². The van der Waals surface area contributed by atoms with Gasteiger partial charge in [-0.05, 0) is 50.7 Å². The molecule has 0 N–H and O–H groups in total. The molecule has 2 heterocycles. The summed E-state index contributed by atoms with van der Waals surface area (Å²) in [4.78, 5) is 21.5. The number of piperidine rings is 1. The van der Waals surface area contributed by atoms with Gasteiger partial charge in [0.2, 0.25) is 0 Å². The minimum absolute atomic E-state index is 0.0128. The molecular formula is C21H26N2O3S. The zero-order valence-corrected chi connectivity index (χ0v) is 16.8. The second kappa shape index (κ2) is 7.89. The number of likely N-dealkylation sites (tertiary alicyclic amines) is 1. The van der Waals surface area contributed by atoms with Crippen molar-refractivity contribution in [1.29, 1.82) is 0 Å². The molecule has 0 unspecified atom stereocenters. The highest BCUT2D eigenvalue weighted by molar-refractivity contribution is 7.11. The zero-order chi connectivity index (χ0) is 18.8. The summed E-state index contributed by atoms with van der Waals surface area (Å²) in [6.45, 7) is 1.49. The summed E-state index contributed by atoms with van der Waals surface area (Å²) in [5.41, 5.74) is 1.85. The molecule has 1 amide bonds. The number of ether oxygens (including phenoxy) is 2.